The van der Waals surface area contributed by atoms with Crippen LogP contribution in [0.15, 0.2) is 23.9 Å². The van der Waals surface area contributed by atoms with Crippen LogP contribution in [-0.4, -0.2) is 5.11 Å². The van der Waals surface area contributed by atoms with Gasteiger partial charge >= 0.3 is 0 Å². The third-order valence-electron chi connectivity index (χ3n) is 0.313. The molecule has 0 bridgehead atoms. The fraction of sp³-hybridized carbons (Fsp3) is 0. The Hall–Kier alpha value is -0.430. The Labute approximate surface area is 41.6 Å². The maximum Gasteiger partial charge on any atom is 0.126 e. The lowest BCUT2D eigenvalue weighted by molar-refractivity contribution is 0.432. The van der Waals surface area contributed by atoms with Crippen molar-refractivity contribution in [3.05, 3.63) is 23.9 Å². The van der Waals surface area contributed by atoms with Gasteiger partial charge in [0.25, 0.3) is 0 Å². The van der Waals surface area contributed by atoms with Gasteiger partial charge in [-0.05, 0) is 0 Å². The van der Waals surface area contributed by atoms with Crippen LogP contribution in [0.5, 0.6) is 0 Å². The van der Waals surface area contributed by atoms with Gasteiger partial charge < -0.3 is 5.11 Å². The van der Waals surface area contributed by atoms with Crippen molar-refractivity contribution in [3.63, 3.8) is 0 Å². The predicted molar refractivity (Wildman–Crippen MR) is 26.8 cm³/mol. The highest BCUT2D eigenvalue weighted by molar-refractivity contribution is 6.31. The number of hydrogen-bond acceptors (Lipinski definition) is 1. The van der Waals surface area contributed by atoms with Gasteiger partial charge in [-0.1, -0.05) is 24.8 Å². The lowest BCUT2D eigenvalue weighted by Crippen LogP contribution is -1.69. The summed E-state index contributed by atoms with van der Waals surface area (Å²) in [7, 11) is 0. The minimum absolute atomic E-state index is 0.0926. The SMILES string of the molecule is C=C(O)C(=C)Cl. The van der Waals surface area contributed by atoms with E-state index in [0.29, 0.717) is 0 Å². The van der Waals surface area contributed by atoms with Crippen LogP contribution in [-0.2, 0) is 0 Å². The topological polar surface area (TPSA) is 20.2 Å². The molecule has 0 radical (unpaired) electrons. The first-order valence-electron chi connectivity index (χ1n) is 1.37. The van der Waals surface area contributed by atoms with Crippen molar-refractivity contribution in [3.8, 4) is 0 Å². The summed E-state index contributed by atoms with van der Waals surface area (Å²) in [5, 5.41) is 8.30. The van der Waals surface area contributed by atoms with Crippen LogP contribution >= 0.6 is 11.6 Å². The number of aliphatic hydroxyl groups is 1. The first-order valence-corrected chi connectivity index (χ1v) is 1.75. The highest BCUT2D eigenvalue weighted by atomic mass is 35.5. The molecule has 0 fully saturated rings. The molecule has 0 saturated carbocycles. The highest BCUT2D eigenvalue weighted by Gasteiger charge is 1.84. The number of hydrogen-bond donors (Lipinski definition) is 1. The molecule has 0 amide bonds. The molecule has 0 aromatic heterocycles. The smallest absolute Gasteiger partial charge is 0.126 e. The molecule has 0 aliphatic heterocycles. The Morgan fingerprint density at radius 2 is 1.67 bits per heavy atom. The van der Waals surface area contributed by atoms with Gasteiger partial charge in [-0.25, -0.2) is 0 Å². The number of aliphatic hydroxyl groups excluding tert-OH is 1. The van der Waals surface area contributed by atoms with Crippen LogP contribution in [0, 0.1) is 0 Å². The molecular weight excluding hydrogens is 99.5 g/mol. The van der Waals surface area contributed by atoms with Crippen LogP contribution in [0.3, 0.4) is 0 Å². The van der Waals surface area contributed by atoms with Gasteiger partial charge in [0.2, 0.25) is 0 Å². The molecule has 0 aromatic carbocycles. The summed E-state index contributed by atoms with van der Waals surface area (Å²) in [4.78, 5) is 0. The molecule has 6 heavy (non-hydrogen) atoms. The largest absolute Gasteiger partial charge is 0.507 e. The number of halogens is 1. The van der Waals surface area contributed by atoms with E-state index in [9.17, 15) is 0 Å². The summed E-state index contributed by atoms with van der Waals surface area (Å²) in [6, 6.07) is 0. The van der Waals surface area contributed by atoms with Crippen molar-refractivity contribution in [2.75, 3.05) is 0 Å². The molecule has 0 saturated heterocycles. The third kappa shape index (κ3) is 1.85. The van der Waals surface area contributed by atoms with E-state index < -0.39 is 0 Å². The van der Waals surface area contributed by atoms with E-state index in [4.69, 9.17) is 16.7 Å². The van der Waals surface area contributed by atoms with Crippen LogP contribution < -0.4 is 0 Å². The number of allylic oxidation sites excluding steroid dienone is 1. The quantitative estimate of drug-likeness (QED) is 0.397. The zero-order valence-electron chi connectivity index (χ0n) is 3.24. The van der Waals surface area contributed by atoms with E-state index in [-0.39, 0.29) is 10.8 Å². The first kappa shape index (κ1) is 5.57. The Morgan fingerprint density at radius 1 is 1.50 bits per heavy atom. The molecule has 34 valence electrons. The Kier molecular flexibility index (Phi) is 1.74. The van der Waals surface area contributed by atoms with E-state index >= 15 is 0 Å². The van der Waals surface area contributed by atoms with Gasteiger partial charge in [-0.2, -0.15) is 0 Å². The molecule has 1 nitrogen and oxygen atoms in total. The lowest BCUT2D eigenvalue weighted by Gasteiger charge is -1.84. The van der Waals surface area contributed by atoms with Gasteiger partial charge in [0, 0.05) is 0 Å². The maximum atomic E-state index is 8.20. The zero-order chi connectivity index (χ0) is 5.15. The normalized spacial score (nSPS) is 7.50. The molecule has 0 spiro atoms. The summed E-state index contributed by atoms with van der Waals surface area (Å²) < 4.78 is 0. The average Bonchev–Trinajstić information content (AvgIpc) is 1.36. The second-order valence-electron chi connectivity index (χ2n) is 0.852. The van der Waals surface area contributed by atoms with Crippen molar-refractivity contribution in [1.29, 1.82) is 0 Å². The molecule has 2 heteroatoms. The summed E-state index contributed by atoms with van der Waals surface area (Å²) in [5.74, 6) is -0.170. The van der Waals surface area contributed by atoms with E-state index in [2.05, 4.69) is 13.2 Å². The van der Waals surface area contributed by atoms with E-state index in [1.54, 1.807) is 0 Å². The summed E-state index contributed by atoms with van der Waals surface area (Å²) in [6.07, 6.45) is 0. The molecule has 1 N–H and O–H groups in total. The molecule has 0 rings (SSSR count). The first-order chi connectivity index (χ1) is 2.64. The minimum atomic E-state index is -0.170. The predicted octanol–water partition coefficient (Wildman–Crippen LogP) is 1.81. The third-order valence-corrected chi connectivity index (χ3v) is 0.531. The van der Waals surface area contributed by atoms with Crippen molar-refractivity contribution >= 4 is 11.6 Å². The van der Waals surface area contributed by atoms with Crippen LogP contribution in [0.2, 0.25) is 0 Å². The number of rotatable bonds is 1. The molecule has 0 aliphatic rings. The molecule has 0 atom stereocenters. The second kappa shape index (κ2) is 1.88. The van der Waals surface area contributed by atoms with Crippen molar-refractivity contribution in [2.24, 2.45) is 0 Å². The van der Waals surface area contributed by atoms with Crippen molar-refractivity contribution < 1.29 is 5.11 Å². The Balaban J connectivity index is 3.57. The molecule has 0 unspecified atom stereocenters. The molecule has 0 aromatic rings. The van der Waals surface area contributed by atoms with Gasteiger partial charge in [0.05, 0.1) is 5.03 Å². The Bertz CT molecular complexity index is 73.5. The fourth-order valence-corrected chi connectivity index (χ4v) is 0. The van der Waals surface area contributed by atoms with Crippen LogP contribution in [0.25, 0.3) is 0 Å². The van der Waals surface area contributed by atoms with E-state index in [1.807, 2.05) is 0 Å². The Morgan fingerprint density at radius 3 is 1.67 bits per heavy atom. The molecule has 0 heterocycles. The van der Waals surface area contributed by atoms with Crippen LogP contribution in [0.1, 0.15) is 0 Å². The van der Waals surface area contributed by atoms with Gasteiger partial charge in [0.1, 0.15) is 5.76 Å². The van der Waals surface area contributed by atoms with Gasteiger partial charge in [-0.3, -0.25) is 0 Å². The van der Waals surface area contributed by atoms with Crippen molar-refractivity contribution in [2.45, 2.75) is 0 Å². The van der Waals surface area contributed by atoms with E-state index in [0.717, 1.165) is 0 Å². The standard InChI is InChI=1S/C4H5ClO/c1-3(5)4(2)6/h6H,1-2H2. The second-order valence-corrected chi connectivity index (χ2v) is 1.31. The van der Waals surface area contributed by atoms with Crippen molar-refractivity contribution in [1.82, 2.24) is 0 Å². The summed E-state index contributed by atoms with van der Waals surface area (Å²) >= 11 is 5.07. The minimum Gasteiger partial charge on any atom is -0.507 e. The zero-order valence-corrected chi connectivity index (χ0v) is 4.00. The monoisotopic (exact) mass is 104 g/mol. The molecule has 0 aliphatic carbocycles. The van der Waals surface area contributed by atoms with Crippen LogP contribution in [0.4, 0.5) is 0 Å². The molecular formula is C4H5ClO. The lowest BCUT2D eigenvalue weighted by atomic mass is 10.6. The average molecular weight is 105 g/mol. The highest BCUT2D eigenvalue weighted by Crippen LogP contribution is 2.03. The fourth-order valence-electron chi connectivity index (χ4n) is 0. The summed E-state index contributed by atoms with van der Waals surface area (Å²) in [6.45, 7) is 6.25. The van der Waals surface area contributed by atoms with E-state index in [1.165, 1.54) is 0 Å². The maximum absolute atomic E-state index is 8.20. The summed E-state index contributed by atoms with van der Waals surface area (Å²) in [5.41, 5.74) is 0. The van der Waals surface area contributed by atoms with Gasteiger partial charge in [-0.15, -0.1) is 0 Å². The van der Waals surface area contributed by atoms with Gasteiger partial charge in [0.15, 0.2) is 0 Å².